The van der Waals surface area contributed by atoms with E-state index in [1.54, 1.807) is 24.4 Å². The number of ketones is 1. The second-order valence-corrected chi connectivity index (χ2v) is 4.39. The third kappa shape index (κ3) is 3.18. The van der Waals surface area contributed by atoms with Gasteiger partial charge in [-0.2, -0.15) is 5.26 Å². The Labute approximate surface area is 117 Å². The van der Waals surface area contributed by atoms with Crippen molar-refractivity contribution in [3.63, 3.8) is 0 Å². The molecule has 0 radical (unpaired) electrons. The molecule has 0 saturated carbocycles. The molecule has 20 heavy (non-hydrogen) atoms. The molecule has 2 rings (SSSR count). The highest BCUT2D eigenvalue weighted by Gasteiger charge is 2.06. The Balaban J connectivity index is 2.05. The molecule has 1 N–H and O–H groups in total. The average Bonchev–Trinajstić information content (AvgIpc) is 2.45. The normalized spacial score (nSPS) is 9.85. The minimum atomic E-state index is 0.0193. The Morgan fingerprint density at radius 1 is 1.35 bits per heavy atom. The van der Waals surface area contributed by atoms with Gasteiger partial charge < -0.3 is 5.32 Å². The van der Waals surface area contributed by atoms with E-state index in [4.69, 9.17) is 5.26 Å². The minimum absolute atomic E-state index is 0.0193. The molecular formula is C15H14N4O. The fourth-order valence-electron chi connectivity index (χ4n) is 1.84. The summed E-state index contributed by atoms with van der Waals surface area (Å²) in [6.07, 6.45) is 1.61. The predicted molar refractivity (Wildman–Crippen MR) is 75.3 cm³/mol. The summed E-state index contributed by atoms with van der Waals surface area (Å²) in [6, 6.07) is 9.03. The lowest BCUT2D eigenvalue weighted by atomic mass is 10.1. The van der Waals surface area contributed by atoms with Crippen LogP contribution < -0.4 is 5.32 Å². The van der Waals surface area contributed by atoms with Crippen LogP contribution in [0.25, 0.3) is 0 Å². The third-order valence-corrected chi connectivity index (χ3v) is 2.87. The number of hydrogen-bond donors (Lipinski definition) is 1. The van der Waals surface area contributed by atoms with Crippen molar-refractivity contribution in [3.8, 4) is 6.07 Å². The summed E-state index contributed by atoms with van der Waals surface area (Å²) in [4.78, 5) is 19.7. The van der Waals surface area contributed by atoms with E-state index in [1.807, 2.05) is 19.1 Å². The second kappa shape index (κ2) is 5.93. The number of carbonyl (C=O) groups is 1. The van der Waals surface area contributed by atoms with Crippen LogP contribution in [0.3, 0.4) is 0 Å². The summed E-state index contributed by atoms with van der Waals surface area (Å²) < 4.78 is 0. The zero-order valence-corrected chi connectivity index (χ0v) is 11.3. The number of pyridine rings is 2. The van der Waals surface area contributed by atoms with E-state index in [0.717, 1.165) is 17.1 Å². The van der Waals surface area contributed by atoms with E-state index >= 15 is 0 Å². The van der Waals surface area contributed by atoms with Gasteiger partial charge in [-0.15, -0.1) is 0 Å². The molecule has 2 heterocycles. The Hall–Kier alpha value is -2.74. The van der Waals surface area contributed by atoms with Crippen LogP contribution in [0.15, 0.2) is 30.5 Å². The SMILES string of the molecule is CC(=O)c1ccc(CNc2ccc(C#N)nc2)nc1C. The van der Waals surface area contributed by atoms with Crippen LogP contribution in [0.1, 0.15) is 34.4 Å². The topological polar surface area (TPSA) is 78.7 Å². The van der Waals surface area contributed by atoms with Gasteiger partial charge in [-0.1, -0.05) is 0 Å². The van der Waals surface area contributed by atoms with E-state index in [0.29, 0.717) is 17.8 Å². The van der Waals surface area contributed by atoms with Crippen LogP contribution in [0.2, 0.25) is 0 Å². The molecule has 5 nitrogen and oxygen atoms in total. The van der Waals surface area contributed by atoms with Gasteiger partial charge in [0.05, 0.1) is 24.1 Å². The third-order valence-electron chi connectivity index (χ3n) is 2.87. The maximum atomic E-state index is 11.3. The van der Waals surface area contributed by atoms with E-state index in [1.165, 1.54) is 6.92 Å². The number of aromatic nitrogens is 2. The summed E-state index contributed by atoms with van der Waals surface area (Å²) in [5, 5.41) is 11.8. The van der Waals surface area contributed by atoms with Crippen LogP contribution in [-0.2, 0) is 6.54 Å². The van der Waals surface area contributed by atoms with Crippen LogP contribution in [-0.4, -0.2) is 15.8 Å². The number of nitrogens with one attached hydrogen (secondary N) is 1. The zero-order chi connectivity index (χ0) is 14.5. The van der Waals surface area contributed by atoms with E-state index in [2.05, 4.69) is 15.3 Å². The van der Waals surface area contributed by atoms with Crippen molar-refractivity contribution in [1.29, 1.82) is 5.26 Å². The first-order valence-corrected chi connectivity index (χ1v) is 6.17. The van der Waals surface area contributed by atoms with Gasteiger partial charge in [-0.3, -0.25) is 9.78 Å². The molecule has 0 aliphatic carbocycles. The van der Waals surface area contributed by atoms with Gasteiger partial charge in [-0.25, -0.2) is 4.98 Å². The van der Waals surface area contributed by atoms with Crippen LogP contribution in [0.4, 0.5) is 5.69 Å². The molecule has 0 amide bonds. The summed E-state index contributed by atoms with van der Waals surface area (Å²) >= 11 is 0. The number of Topliss-reactive ketones (excluding diaryl/α,β-unsaturated/α-hetero) is 1. The average molecular weight is 266 g/mol. The molecule has 0 aliphatic heterocycles. The van der Waals surface area contributed by atoms with E-state index < -0.39 is 0 Å². The fourth-order valence-corrected chi connectivity index (χ4v) is 1.84. The quantitative estimate of drug-likeness (QED) is 0.860. The number of anilines is 1. The standard InChI is InChI=1S/C15H14N4O/c1-10-15(11(2)20)6-5-14(19-10)9-18-13-4-3-12(7-16)17-8-13/h3-6,8,18H,9H2,1-2H3. The maximum Gasteiger partial charge on any atom is 0.161 e. The molecule has 2 aromatic rings. The first-order valence-electron chi connectivity index (χ1n) is 6.17. The predicted octanol–water partition coefficient (Wildman–Crippen LogP) is 2.47. The van der Waals surface area contributed by atoms with E-state index in [9.17, 15) is 4.79 Å². The molecule has 0 bridgehead atoms. The van der Waals surface area contributed by atoms with Crippen molar-refractivity contribution in [2.24, 2.45) is 0 Å². The van der Waals surface area contributed by atoms with Crippen molar-refractivity contribution < 1.29 is 4.79 Å². The van der Waals surface area contributed by atoms with Crippen LogP contribution in [0, 0.1) is 18.3 Å². The summed E-state index contributed by atoms with van der Waals surface area (Å²) in [5.74, 6) is 0.0193. The molecule has 2 aromatic heterocycles. The molecule has 0 spiro atoms. The van der Waals surface area contributed by atoms with Gasteiger partial charge in [-0.05, 0) is 38.1 Å². The van der Waals surface area contributed by atoms with E-state index in [-0.39, 0.29) is 5.78 Å². The van der Waals surface area contributed by atoms with Crippen molar-refractivity contribution >= 4 is 11.5 Å². The molecule has 100 valence electrons. The summed E-state index contributed by atoms with van der Waals surface area (Å²) in [6.45, 7) is 3.89. The monoisotopic (exact) mass is 266 g/mol. The zero-order valence-electron chi connectivity index (χ0n) is 11.3. The number of aryl methyl sites for hydroxylation is 1. The smallest absolute Gasteiger partial charge is 0.161 e. The number of nitrogens with zero attached hydrogens (tertiary/aromatic N) is 3. The first-order chi connectivity index (χ1) is 9.60. The minimum Gasteiger partial charge on any atom is -0.378 e. The van der Waals surface area contributed by atoms with Gasteiger partial charge in [0.1, 0.15) is 11.8 Å². The maximum absolute atomic E-state index is 11.3. The Kier molecular flexibility index (Phi) is 4.06. The Morgan fingerprint density at radius 2 is 2.15 bits per heavy atom. The van der Waals surface area contributed by atoms with Gasteiger partial charge in [0.2, 0.25) is 0 Å². The first kappa shape index (κ1) is 13.7. The van der Waals surface area contributed by atoms with Gasteiger partial charge in [0, 0.05) is 11.3 Å². The highest BCUT2D eigenvalue weighted by Crippen LogP contribution is 2.10. The highest BCUT2D eigenvalue weighted by molar-refractivity contribution is 5.95. The largest absolute Gasteiger partial charge is 0.378 e. The molecule has 0 fully saturated rings. The molecule has 0 aromatic carbocycles. The number of nitriles is 1. The Bertz CT molecular complexity index is 671. The lowest BCUT2D eigenvalue weighted by Crippen LogP contribution is -2.06. The fraction of sp³-hybridized carbons (Fsp3) is 0.200. The van der Waals surface area contributed by atoms with Crippen molar-refractivity contribution in [2.45, 2.75) is 20.4 Å². The molecule has 0 atom stereocenters. The van der Waals surface area contributed by atoms with Crippen LogP contribution >= 0.6 is 0 Å². The Morgan fingerprint density at radius 3 is 2.70 bits per heavy atom. The molecule has 5 heteroatoms. The summed E-state index contributed by atoms with van der Waals surface area (Å²) in [5.41, 5.74) is 3.43. The van der Waals surface area contributed by atoms with Gasteiger partial charge in [0.15, 0.2) is 5.78 Å². The second-order valence-electron chi connectivity index (χ2n) is 4.39. The van der Waals surface area contributed by atoms with Crippen molar-refractivity contribution in [2.75, 3.05) is 5.32 Å². The molecule has 0 saturated heterocycles. The summed E-state index contributed by atoms with van der Waals surface area (Å²) in [7, 11) is 0. The van der Waals surface area contributed by atoms with Crippen molar-refractivity contribution in [3.05, 3.63) is 53.1 Å². The molecule has 0 aliphatic rings. The number of hydrogen-bond acceptors (Lipinski definition) is 5. The molecule has 0 unspecified atom stereocenters. The van der Waals surface area contributed by atoms with Crippen molar-refractivity contribution in [1.82, 2.24) is 9.97 Å². The van der Waals surface area contributed by atoms with Crippen LogP contribution in [0.5, 0.6) is 0 Å². The lowest BCUT2D eigenvalue weighted by molar-refractivity contribution is 0.101. The lowest BCUT2D eigenvalue weighted by Gasteiger charge is -2.08. The number of rotatable bonds is 4. The van der Waals surface area contributed by atoms with Gasteiger partial charge in [0.25, 0.3) is 0 Å². The molecular weight excluding hydrogens is 252 g/mol. The van der Waals surface area contributed by atoms with Gasteiger partial charge >= 0.3 is 0 Å². The highest BCUT2D eigenvalue weighted by atomic mass is 16.1. The number of carbonyl (C=O) groups excluding carboxylic acids is 1.